The van der Waals surface area contributed by atoms with Crippen LogP contribution in [0, 0.1) is 0 Å². The first-order valence-electron chi connectivity index (χ1n) is 6.14. The second-order valence-electron chi connectivity index (χ2n) is 4.38. The summed E-state index contributed by atoms with van der Waals surface area (Å²) in [6.45, 7) is 2.85. The van der Waals surface area contributed by atoms with Crippen molar-refractivity contribution in [3.63, 3.8) is 0 Å². The number of amides is 1. The molecule has 1 amide bonds. The minimum atomic E-state index is -1.04. The Hall–Kier alpha value is -1.82. The number of benzene rings is 1. The normalized spacial score (nSPS) is 13.3. The molecule has 5 nitrogen and oxygen atoms in total. The number of rotatable bonds is 6. The van der Waals surface area contributed by atoms with Gasteiger partial charge in [0.2, 0.25) is 11.0 Å². The van der Waals surface area contributed by atoms with Gasteiger partial charge in [-0.2, -0.15) is 0 Å². The average molecular weight is 295 g/mol. The summed E-state index contributed by atoms with van der Waals surface area (Å²) >= 11 is 0.745. The zero-order valence-electron chi connectivity index (χ0n) is 11.3. The van der Waals surface area contributed by atoms with Crippen molar-refractivity contribution < 1.29 is 19.5 Å². The van der Waals surface area contributed by atoms with Gasteiger partial charge in [0.25, 0.3) is 0 Å². The topological polar surface area (TPSA) is 83.5 Å². The number of carboxylic acids is 1. The Labute approximate surface area is 121 Å². The highest BCUT2D eigenvalue weighted by Crippen LogP contribution is 2.19. The van der Waals surface area contributed by atoms with Gasteiger partial charge in [-0.3, -0.25) is 14.4 Å². The molecule has 6 heteroatoms. The molecule has 108 valence electrons. The summed E-state index contributed by atoms with van der Waals surface area (Å²) in [4.78, 5) is 34.0. The average Bonchev–Trinajstić information content (AvgIpc) is 2.38. The van der Waals surface area contributed by atoms with Crippen LogP contribution >= 0.6 is 11.8 Å². The molecule has 0 aromatic heterocycles. The van der Waals surface area contributed by atoms with Crippen LogP contribution in [-0.2, 0) is 20.8 Å². The van der Waals surface area contributed by atoms with Crippen LogP contribution in [0.1, 0.15) is 19.4 Å². The standard InChI is InChI=1S/C14H17NO4S/c1-9(15-10(2)16)14(19)20-12(13(17)18)8-11-6-4-3-5-7-11/h3-7,9,12H,8H2,1-2H3,(H,15,16)(H,17,18)/t9-,12-/m0/s1. The van der Waals surface area contributed by atoms with Crippen molar-refractivity contribution >= 4 is 28.8 Å². The largest absolute Gasteiger partial charge is 0.480 e. The van der Waals surface area contributed by atoms with Gasteiger partial charge in [-0.05, 0) is 18.9 Å². The van der Waals surface area contributed by atoms with Gasteiger partial charge in [0.1, 0.15) is 5.25 Å². The van der Waals surface area contributed by atoms with Crippen LogP contribution in [0.25, 0.3) is 0 Å². The molecule has 0 heterocycles. The number of carboxylic acid groups (broad SMARTS) is 1. The zero-order chi connectivity index (χ0) is 15.1. The molecule has 0 spiro atoms. The summed E-state index contributed by atoms with van der Waals surface area (Å²) in [7, 11) is 0. The highest BCUT2D eigenvalue weighted by atomic mass is 32.2. The Morgan fingerprint density at radius 1 is 1.25 bits per heavy atom. The van der Waals surface area contributed by atoms with E-state index in [1.54, 1.807) is 0 Å². The first kappa shape index (κ1) is 16.2. The van der Waals surface area contributed by atoms with Crippen molar-refractivity contribution in [3.05, 3.63) is 35.9 Å². The van der Waals surface area contributed by atoms with Crippen LogP contribution in [0.5, 0.6) is 0 Å². The maximum atomic E-state index is 11.9. The quantitative estimate of drug-likeness (QED) is 0.830. The van der Waals surface area contributed by atoms with Crippen LogP contribution in [-0.4, -0.2) is 33.4 Å². The van der Waals surface area contributed by atoms with Gasteiger partial charge < -0.3 is 10.4 Å². The molecule has 1 rings (SSSR count). The molecule has 2 atom stereocenters. The van der Waals surface area contributed by atoms with Crippen molar-refractivity contribution in [2.24, 2.45) is 0 Å². The third kappa shape index (κ3) is 5.44. The zero-order valence-corrected chi connectivity index (χ0v) is 12.1. The predicted molar refractivity (Wildman–Crippen MR) is 77.4 cm³/mol. The predicted octanol–water partition coefficient (Wildman–Crippen LogP) is 1.47. The van der Waals surface area contributed by atoms with E-state index in [1.165, 1.54) is 13.8 Å². The van der Waals surface area contributed by atoms with Crippen molar-refractivity contribution in [2.75, 3.05) is 0 Å². The van der Waals surface area contributed by atoms with E-state index in [-0.39, 0.29) is 17.4 Å². The minimum Gasteiger partial charge on any atom is -0.480 e. The second kappa shape index (κ2) is 7.69. The van der Waals surface area contributed by atoms with E-state index in [9.17, 15) is 19.5 Å². The van der Waals surface area contributed by atoms with Crippen molar-refractivity contribution in [2.45, 2.75) is 31.6 Å². The van der Waals surface area contributed by atoms with Crippen molar-refractivity contribution in [1.82, 2.24) is 5.32 Å². The summed E-state index contributed by atoms with van der Waals surface area (Å²) in [6, 6.07) is 8.42. The molecule has 1 aromatic carbocycles. The van der Waals surface area contributed by atoms with Crippen LogP contribution in [0.15, 0.2) is 30.3 Å². The number of aliphatic carboxylic acids is 1. The molecule has 0 unspecified atom stereocenters. The molecular weight excluding hydrogens is 278 g/mol. The summed E-state index contributed by atoms with van der Waals surface area (Å²) in [5, 5.41) is 10.4. The smallest absolute Gasteiger partial charge is 0.317 e. The number of thioether (sulfide) groups is 1. The number of carbonyl (C=O) groups excluding carboxylic acids is 2. The van der Waals surface area contributed by atoms with E-state index >= 15 is 0 Å². The third-order valence-corrected chi connectivity index (χ3v) is 3.81. The molecule has 2 N–H and O–H groups in total. The van der Waals surface area contributed by atoms with Gasteiger partial charge in [0.15, 0.2) is 0 Å². The van der Waals surface area contributed by atoms with Gasteiger partial charge in [-0.25, -0.2) is 0 Å². The number of carbonyl (C=O) groups is 3. The molecule has 0 aliphatic rings. The Morgan fingerprint density at radius 3 is 2.35 bits per heavy atom. The molecule has 0 aliphatic carbocycles. The van der Waals surface area contributed by atoms with Crippen molar-refractivity contribution in [3.8, 4) is 0 Å². The Kier molecular flexibility index (Phi) is 6.24. The van der Waals surface area contributed by atoms with Crippen LogP contribution < -0.4 is 5.32 Å². The first-order valence-corrected chi connectivity index (χ1v) is 7.02. The maximum absolute atomic E-state index is 11.9. The molecule has 0 saturated heterocycles. The molecule has 0 radical (unpaired) electrons. The molecule has 0 bridgehead atoms. The van der Waals surface area contributed by atoms with Crippen LogP contribution in [0.2, 0.25) is 0 Å². The van der Waals surface area contributed by atoms with Gasteiger partial charge in [-0.15, -0.1) is 0 Å². The highest BCUT2D eigenvalue weighted by molar-refractivity contribution is 8.14. The lowest BCUT2D eigenvalue weighted by Crippen LogP contribution is -2.37. The van der Waals surface area contributed by atoms with Gasteiger partial charge in [0, 0.05) is 6.92 Å². The summed E-state index contributed by atoms with van der Waals surface area (Å²) < 4.78 is 0. The van der Waals surface area contributed by atoms with Gasteiger partial charge in [-0.1, -0.05) is 42.1 Å². The van der Waals surface area contributed by atoms with Gasteiger partial charge >= 0.3 is 5.97 Å². The lowest BCUT2D eigenvalue weighted by molar-refractivity contribution is -0.136. The summed E-state index contributed by atoms with van der Waals surface area (Å²) in [5.74, 6) is -1.36. The van der Waals surface area contributed by atoms with E-state index < -0.39 is 17.3 Å². The lowest BCUT2D eigenvalue weighted by atomic mass is 10.1. The number of nitrogens with one attached hydrogen (secondary N) is 1. The minimum absolute atomic E-state index is 0.263. The fourth-order valence-electron chi connectivity index (χ4n) is 1.61. The van der Waals surface area contributed by atoms with E-state index in [2.05, 4.69) is 5.32 Å². The third-order valence-electron chi connectivity index (χ3n) is 2.57. The molecule has 0 aliphatic heterocycles. The van der Waals surface area contributed by atoms with Crippen LogP contribution in [0.4, 0.5) is 0 Å². The molecule has 0 fully saturated rings. The fraction of sp³-hybridized carbons (Fsp3) is 0.357. The molecule has 1 aromatic rings. The summed E-state index contributed by atoms with van der Waals surface area (Å²) in [6.07, 6.45) is 0.263. The van der Waals surface area contributed by atoms with Gasteiger partial charge in [0.05, 0.1) is 6.04 Å². The highest BCUT2D eigenvalue weighted by Gasteiger charge is 2.25. The number of hydrogen-bond donors (Lipinski definition) is 2. The Balaban J connectivity index is 2.66. The second-order valence-corrected chi connectivity index (χ2v) is 5.58. The first-order chi connectivity index (χ1) is 9.40. The number of hydrogen-bond acceptors (Lipinski definition) is 4. The molecule has 20 heavy (non-hydrogen) atoms. The monoisotopic (exact) mass is 295 g/mol. The Bertz CT molecular complexity index is 489. The maximum Gasteiger partial charge on any atom is 0.317 e. The van der Waals surface area contributed by atoms with E-state index in [1.807, 2.05) is 30.3 Å². The molecule has 0 saturated carbocycles. The molecular formula is C14H17NO4S. The lowest BCUT2D eigenvalue weighted by Gasteiger charge is -2.15. The van der Waals surface area contributed by atoms with E-state index in [0.717, 1.165) is 17.3 Å². The van der Waals surface area contributed by atoms with E-state index in [0.29, 0.717) is 0 Å². The SMILES string of the molecule is CC(=O)N[C@@H](C)C(=O)S[C@@H](Cc1ccccc1)C(=O)O. The summed E-state index contributed by atoms with van der Waals surface area (Å²) in [5.41, 5.74) is 0.854. The van der Waals surface area contributed by atoms with Crippen molar-refractivity contribution in [1.29, 1.82) is 0 Å². The van der Waals surface area contributed by atoms with E-state index in [4.69, 9.17) is 0 Å². The Morgan fingerprint density at radius 2 is 1.85 bits per heavy atom. The fourth-order valence-corrected chi connectivity index (χ4v) is 2.53. The van der Waals surface area contributed by atoms with Crippen LogP contribution in [0.3, 0.4) is 0 Å².